The van der Waals surface area contributed by atoms with Gasteiger partial charge in [-0.15, -0.1) is 0 Å². The Labute approximate surface area is 92.7 Å². The van der Waals surface area contributed by atoms with Crippen LogP contribution in [0.1, 0.15) is 34.1 Å². The molecular weight excluding hydrogens is 192 g/mol. The Morgan fingerprint density at radius 3 is 2.27 bits per heavy atom. The molecule has 0 bridgehead atoms. The van der Waals surface area contributed by atoms with Crippen LogP contribution in [0.4, 0.5) is 0 Å². The molecule has 4 heteroatoms. The van der Waals surface area contributed by atoms with Crippen molar-refractivity contribution >= 4 is 5.91 Å². The molecule has 4 nitrogen and oxygen atoms in total. The summed E-state index contributed by atoms with van der Waals surface area (Å²) in [5.74, 6) is 0.129. The fourth-order valence-electron chi connectivity index (χ4n) is 1.58. The molecule has 1 amide bonds. The van der Waals surface area contributed by atoms with E-state index in [1.54, 1.807) is 0 Å². The minimum Gasteiger partial charge on any atom is -0.396 e. The highest BCUT2D eigenvalue weighted by molar-refractivity contribution is 5.81. The number of hydrogen-bond acceptors (Lipinski definition) is 3. The van der Waals surface area contributed by atoms with Crippen LogP contribution in [-0.4, -0.2) is 47.7 Å². The van der Waals surface area contributed by atoms with Crippen LogP contribution in [-0.2, 0) is 4.79 Å². The number of rotatable bonds is 7. The van der Waals surface area contributed by atoms with Gasteiger partial charge in [-0.1, -0.05) is 0 Å². The van der Waals surface area contributed by atoms with Gasteiger partial charge in [0.2, 0.25) is 5.91 Å². The van der Waals surface area contributed by atoms with E-state index < -0.39 is 0 Å². The number of nitrogens with one attached hydrogen (secondary N) is 1. The number of aliphatic hydroxyl groups excluding tert-OH is 1. The molecule has 2 N–H and O–H groups in total. The van der Waals surface area contributed by atoms with Crippen molar-refractivity contribution < 1.29 is 9.90 Å². The Morgan fingerprint density at radius 2 is 1.87 bits per heavy atom. The summed E-state index contributed by atoms with van der Waals surface area (Å²) in [7, 11) is 0. The molecule has 0 aliphatic heterocycles. The first-order chi connectivity index (χ1) is 7.06. The highest BCUT2D eigenvalue weighted by Crippen LogP contribution is 1.98. The van der Waals surface area contributed by atoms with Crippen LogP contribution >= 0.6 is 0 Å². The Bertz CT molecular complexity index is 181. The van der Waals surface area contributed by atoms with E-state index in [9.17, 15) is 4.79 Å². The fourth-order valence-corrected chi connectivity index (χ4v) is 1.58. The van der Waals surface area contributed by atoms with Crippen LogP contribution in [0.2, 0.25) is 0 Å². The number of hydrogen-bond donors (Lipinski definition) is 2. The Balaban J connectivity index is 4.07. The largest absolute Gasteiger partial charge is 0.396 e. The summed E-state index contributed by atoms with van der Waals surface area (Å²) in [5, 5.41) is 11.9. The van der Waals surface area contributed by atoms with E-state index in [-0.39, 0.29) is 24.6 Å². The number of amides is 1. The molecular formula is C11H24N2O2. The van der Waals surface area contributed by atoms with Gasteiger partial charge in [0.15, 0.2) is 0 Å². The van der Waals surface area contributed by atoms with Crippen LogP contribution in [0, 0.1) is 0 Å². The van der Waals surface area contributed by atoms with Crippen molar-refractivity contribution in [3.8, 4) is 0 Å². The lowest BCUT2D eigenvalue weighted by Crippen LogP contribution is -2.47. The lowest BCUT2D eigenvalue weighted by atomic mass is 10.2. The molecule has 0 spiro atoms. The Morgan fingerprint density at radius 1 is 1.33 bits per heavy atom. The molecule has 0 aromatic rings. The predicted octanol–water partition coefficient (Wildman–Crippen LogP) is 0.604. The normalized spacial score (nSPS) is 14.7. The van der Waals surface area contributed by atoms with Gasteiger partial charge in [-0.05, 0) is 34.1 Å². The summed E-state index contributed by atoms with van der Waals surface area (Å²) < 4.78 is 0. The number of carbonyl (C=O) groups excluding carboxylic acids is 1. The monoisotopic (exact) mass is 216 g/mol. The maximum absolute atomic E-state index is 11.8. The third-order valence-corrected chi connectivity index (χ3v) is 2.54. The molecule has 15 heavy (non-hydrogen) atoms. The van der Waals surface area contributed by atoms with Crippen LogP contribution < -0.4 is 5.32 Å². The van der Waals surface area contributed by atoms with Crippen molar-refractivity contribution in [3.05, 3.63) is 0 Å². The van der Waals surface area contributed by atoms with Gasteiger partial charge in [0.25, 0.3) is 0 Å². The first-order valence-electron chi connectivity index (χ1n) is 5.72. The van der Waals surface area contributed by atoms with Gasteiger partial charge in [0.1, 0.15) is 0 Å². The summed E-state index contributed by atoms with van der Waals surface area (Å²) in [6, 6.07) is -0.00374. The second-order valence-corrected chi connectivity index (χ2v) is 3.81. The maximum atomic E-state index is 11.8. The lowest BCUT2D eigenvalue weighted by Gasteiger charge is -2.25. The lowest BCUT2D eigenvalue weighted by molar-refractivity contribution is -0.132. The summed E-state index contributed by atoms with van der Waals surface area (Å²) in [5.41, 5.74) is 0. The third kappa shape index (κ3) is 5.14. The predicted molar refractivity (Wildman–Crippen MR) is 61.7 cm³/mol. The molecule has 2 unspecified atom stereocenters. The van der Waals surface area contributed by atoms with E-state index in [4.69, 9.17) is 5.11 Å². The minimum absolute atomic E-state index is 0.129. The molecule has 0 aromatic carbocycles. The zero-order valence-electron chi connectivity index (χ0n) is 10.3. The second-order valence-electron chi connectivity index (χ2n) is 3.81. The fraction of sp³-hybridized carbons (Fsp3) is 0.909. The van der Waals surface area contributed by atoms with Crippen molar-refractivity contribution in [1.82, 2.24) is 10.2 Å². The van der Waals surface area contributed by atoms with Gasteiger partial charge in [-0.25, -0.2) is 0 Å². The molecule has 0 saturated carbocycles. The van der Waals surface area contributed by atoms with Crippen LogP contribution in [0.25, 0.3) is 0 Å². The molecule has 0 fully saturated rings. The van der Waals surface area contributed by atoms with Crippen LogP contribution in [0.3, 0.4) is 0 Å². The van der Waals surface area contributed by atoms with Crippen molar-refractivity contribution in [2.45, 2.75) is 46.2 Å². The van der Waals surface area contributed by atoms with Gasteiger partial charge in [-0.2, -0.15) is 0 Å². The molecule has 90 valence electrons. The van der Waals surface area contributed by atoms with Crippen molar-refractivity contribution in [2.24, 2.45) is 0 Å². The summed E-state index contributed by atoms with van der Waals surface area (Å²) >= 11 is 0. The standard InChI is InChI=1S/C11H24N2O2/c1-5-13(6-2)11(15)10(4)12-9(3)7-8-14/h9-10,12,14H,5-8H2,1-4H3. The van der Waals surface area contributed by atoms with Gasteiger partial charge < -0.3 is 15.3 Å². The molecule has 0 rings (SSSR count). The highest BCUT2D eigenvalue weighted by atomic mass is 16.3. The average Bonchev–Trinajstić information content (AvgIpc) is 2.19. The number of likely N-dealkylation sites (N-methyl/N-ethyl adjacent to an activating group) is 1. The van der Waals surface area contributed by atoms with Gasteiger partial charge >= 0.3 is 0 Å². The maximum Gasteiger partial charge on any atom is 0.239 e. The zero-order chi connectivity index (χ0) is 11.8. The highest BCUT2D eigenvalue weighted by Gasteiger charge is 2.18. The summed E-state index contributed by atoms with van der Waals surface area (Å²) in [6.45, 7) is 9.44. The van der Waals surface area contributed by atoms with E-state index in [0.29, 0.717) is 6.42 Å². The molecule has 0 aromatic heterocycles. The van der Waals surface area contributed by atoms with Gasteiger partial charge in [0.05, 0.1) is 6.04 Å². The van der Waals surface area contributed by atoms with Crippen LogP contribution in [0.5, 0.6) is 0 Å². The van der Waals surface area contributed by atoms with Gasteiger partial charge in [-0.3, -0.25) is 4.79 Å². The summed E-state index contributed by atoms with van der Waals surface area (Å²) in [4.78, 5) is 13.7. The van der Waals surface area contributed by atoms with Crippen molar-refractivity contribution in [1.29, 1.82) is 0 Å². The molecule has 0 radical (unpaired) electrons. The summed E-state index contributed by atoms with van der Waals surface area (Å²) in [6.07, 6.45) is 0.676. The molecule has 0 aliphatic carbocycles. The van der Waals surface area contributed by atoms with E-state index >= 15 is 0 Å². The number of nitrogens with zero attached hydrogens (tertiary/aromatic N) is 1. The van der Waals surface area contributed by atoms with E-state index in [1.165, 1.54) is 0 Å². The number of carbonyl (C=O) groups is 1. The Hall–Kier alpha value is -0.610. The first-order valence-corrected chi connectivity index (χ1v) is 5.72. The number of aliphatic hydroxyl groups is 1. The minimum atomic E-state index is -0.175. The Kier molecular flexibility index (Phi) is 7.34. The topological polar surface area (TPSA) is 52.6 Å². The first kappa shape index (κ1) is 14.4. The third-order valence-electron chi connectivity index (χ3n) is 2.54. The van der Waals surface area contributed by atoms with Crippen LogP contribution in [0.15, 0.2) is 0 Å². The van der Waals surface area contributed by atoms with Crippen molar-refractivity contribution in [2.75, 3.05) is 19.7 Å². The van der Waals surface area contributed by atoms with Gasteiger partial charge in [0, 0.05) is 25.7 Å². The quantitative estimate of drug-likeness (QED) is 0.655. The smallest absolute Gasteiger partial charge is 0.239 e. The molecule has 0 heterocycles. The molecule has 0 saturated heterocycles. The zero-order valence-corrected chi connectivity index (χ0v) is 10.3. The second kappa shape index (κ2) is 7.65. The SMILES string of the molecule is CCN(CC)C(=O)C(C)NC(C)CCO. The molecule has 0 aliphatic rings. The van der Waals surface area contributed by atoms with Crippen molar-refractivity contribution in [3.63, 3.8) is 0 Å². The van der Waals surface area contributed by atoms with E-state index in [1.807, 2.05) is 32.6 Å². The van der Waals surface area contributed by atoms with E-state index in [0.717, 1.165) is 13.1 Å². The molecule has 2 atom stereocenters. The average molecular weight is 216 g/mol. The van der Waals surface area contributed by atoms with E-state index in [2.05, 4.69) is 5.32 Å².